The maximum Gasteiger partial charge on any atom is 0.182 e. The molecular weight excluding hydrogens is 292 g/mol. The highest BCUT2D eigenvalue weighted by molar-refractivity contribution is 5.68. The van der Waals surface area contributed by atoms with Gasteiger partial charge in [-0.3, -0.25) is 0 Å². The van der Waals surface area contributed by atoms with Crippen LogP contribution in [0.4, 0.5) is 14.5 Å². The predicted molar refractivity (Wildman–Crippen MR) is 91.7 cm³/mol. The van der Waals surface area contributed by atoms with Gasteiger partial charge in [-0.05, 0) is 80.4 Å². The molecule has 0 spiro atoms. The number of rotatable bonds is 3. The molecule has 1 saturated carbocycles. The molecule has 0 bridgehead atoms. The molecule has 2 aliphatic carbocycles. The molecule has 1 unspecified atom stereocenters. The van der Waals surface area contributed by atoms with Crippen LogP contribution < -0.4 is 5.73 Å². The Morgan fingerprint density at radius 2 is 1.74 bits per heavy atom. The summed E-state index contributed by atoms with van der Waals surface area (Å²) in [7, 11) is 0. The third-order valence-electron chi connectivity index (χ3n) is 5.73. The molecule has 1 atom stereocenters. The molecule has 23 heavy (non-hydrogen) atoms. The van der Waals surface area contributed by atoms with Crippen molar-refractivity contribution in [2.45, 2.75) is 44.9 Å². The van der Waals surface area contributed by atoms with Crippen molar-refractivity contribution in [1.82, 2.24) is 0 Å². The fraction of sp³-hybridized carbons (Fsp3) is 0.500. The van der Waals surface area contributed by atoms with E-state index in [1.54, 1.807) is 6.07 Å². The first kappa shape index (κ1) is 16.2. The number of hydrogen-bond acceptors (Lipinski definition) is 1. The van der Waals surface area contributed by atoms with Crippen LogP contribution in [0.5, 0.6) is 0 Å². The van der Waals surface area contributed by atoms with Crippen molar-refractivity contribution in [2.75, 3.05) is 5.73 Å². The fourth-order valence-electron chi connectivity index (χ4n) is 4.19. The average molecular weight is 317 g/mol. The minimum Gasteiger partial charge on any atom is -0.396 e. The Morgan fingerprint density at radius 1 is 1.00 bits per heavy atom. The van der Waals surface area contributed by atoms with Gasteiger partial charge >= 0.3 is 0 Å². The molecule has 1 aromatic carbocycles. The molecule has 3 rings (SSSR count). The molecule has 1 nitrogen and oxygen atoms in total. The highest BCUT2D eigenvalue weighted by Gasteiger charge is 2.28. The Balaban J connectivity index is 1.67. The van der Waals surface area contributed by atoms with Gasteiger partial charge in [0.05, 0.1) is 5.69 Å². The van der Waals surface area contributed by atoms with Gasteiger partial charge < -0.3 is 5.73 Å². The fourth-order valence-corrected chi connectivity index (χ4v) is 4.19. The molecule has 0 amide bonds. The maximum absolute atomic E-state index is 14.1. The van der Waals surface area contributed by atoms with Crippen LogP contribution in [0.15, 0.2) is 30.9 Å². The van der Waals surface area contributed by atoms with E-state index >= 15 is 0 Å². The van der Waals surface area contributed by atoms with Crippen LogP contribution in [-0.2, 0) is 0 Å². The summed E-state index contributed by atoms with van der Waals surface area (Å²) in [5.74, 6) is 0.422. The molecule has 0 saturated heterocycles. The first-order valence-electron chi connectivity index (χ1n) is 8.65. The Hall–Kier alpha value is -1.64. The lowest BCUT2D eigenvalue weighted by molar-refractivity contribution is 0.212. The number of halogens is 2. The lowest BCUT2D eigenvalue weighted by Gasteiger charge is -2.34. The standard InChI is InChI=1S/C20H25F2N/c1-2-13-3-5-14(6-4-13)15-7-9-16(10-8-15)17-11-12-18(23)20(22)19(17)21/h2,9,11-15H,1,3-8,10,23H2. The molecule has 0 aromatic heterocycles. The highest BCUT2D eigenvalue weighted by Crippen LogP contribution is 2.41. The van der Waals surface area contributed by atoms with Gasteiger partial charge in [-0.15, -0.1) is 6.58 Å². The molecule has 0 radical (unpaired) electrons. The second kappa shape index (κ2) is 6.86. The third kappa shape index (κ3) is 3.34. The summed E-state index contributed by atoms with van der Waals surface area (Å²) in [5.41, 5.74) is 6.60. The largest absolute Gasteiger partial charge is 0.396 e. The molecule has 2 N–H and O–H groups in total. The van der Waals surface area contributed by atoms with Crippen LogP contribution in [-0.4, -0.2) is 0 Å². The first-order valence-corrected chi connectivity index (χ1v) is 8.65. The molecular formula is C20H25F2N. The van der Waals surface area contributed by atoms with Crippen LogP contribution in [0.2, 0.25) is 0 Å². The number of anilines is 1. The number of allylic oxidation sites excluding steroid dienone is 3. The number of nitrogens with two attached hydrogens (primary N) is 1. The Bertz CT molecular complexity index is 612. The van der Waals surface area contributed by atoms with E-state index in [2.05, 4.69) is 18.7 Å². The summed E-state index contributed by atoms with van der Waals surface area (Å²) in [6, 6.07) is 3.06. The molecule has 1 fully saturated rings. The van der Waals surface area contributed by atoms with Crippen molar-refractivity contribution in [3.8, 4) is 0 Å². The van der Waals surface area contributed by atoms with Gasteiger partial charge in [0.15, 0.2) is 11.6 Å². The van der Waals surface area contributed by atoms with Crippen LogP contribution in [0.1, 0.15) is 50.5 Å². The molecule has 1 aromatic rings. The Morgan fingerprint density at radius 3 is 2.35 bits per heavy atom. The average Bonchev–Trinajstić information content (AvgIpc) is 2.60. The summed E-state index contributed by atoms with van der Waals surface area (Å²) >= 11 is 0. The van der Waals surface area contributed by atoms with Crippen molar-refractivity contribution in [1.29, 1.82) is 0 Å². The van der Waals surface area contributed by atoms with E-state index in [9.17, 15) is 8.78 Å². The zero-order valence-electron chi connectivity index (χ0n) is 13.5. The van der Waals surface area contributed by atoms with Crippen molar-refractivity contribution < 1.29 is 8.78 Å². The number of hydrogen-bond donors (Lipinski definition) is 1. The van der Waals surface area contributed by atoms with E-state index in [0.29, 0.717) is 17.4 Å². The van der Waals surface area contributed by atoms with E-state index in [-0.39, 0.29) is 5.69 Å². The van der Waals surface area contributed by atoms with E-state index in [1.807, 2.05) is 0 Å². The van der Waals surface area contributed by atoms with Crippen LogP contribution >= 0.6 is 0 Å². The predicted octanol–water partition coefficient (Wildman–Crippen LogP) is 5.72. The molecule has 0 heterocycles. The van der Waals surface area contributed by atoms with Gasteiger partial charge in [0.25, 0.3) is 0 Å². The monoisotopic (exact) mass is 317 g/mol. The second-order valence-corrected chi connectivity index (χ2v) is 7.00. The molecule has 3 heteroatoms. The van der Waals surface area contributed by atoms with Gasteiger partial charge in [-0.25, -0.2) is 8.78 Å². The van der Waals surface area contributed by atoms with Crippen molar-refractivity contribution >= 4 is 11.3 Å². The lowest BCUT2D eigenvalue weighted by atomic mass is 9.71. The van der Waals surface area contributed by atoms with Crippen LogP contribution in [0, 0.1) is 29.4 Å². The summed E-state index contributed by atoms with van der Waals surface area (Å²) < 4.78 is 27.7. The minimum atomic E-state index is -0.923. The van der Waals surface area contributed by atoms with Crippen LogP contribution in [0.25, 0.3) is 5.57 Å². The molecule has 2 aliphatic rings. The van der Waals surface area contributed by atoms with Crippen molar-refractivity contribution in [2.24, 2.45) is 17.8 Å². The van der Waals surface area contributed by atoms with E-state index in [4.69, 9.17) is 5.73 Å². The van der Waals surface area contributed by atoms with Gasteiger partial charge in [0.2, 0.25) is 0 Å². The number of benzene rings is 1. The summed E-state index contributed by atoms with van der Waals surface area (Å²) in [6.07, 6.45) is 12.1. The van der Waals surface area contributed by atoms with Crippen molar-refractivity contribution in [3.05, 3.63) is 48.1 Å². The SMILES string of the molecule is C=CC1CCC(C2CC=C(c3ccc(N)c(F)c3F)CC2)CC1. The van der Waals surface area contributed by atoms with Gasteiger partial charge in [-0.1, -0.05) is 12.2 Å². The maximum atomic E-state index is 14.1. The number of nitrogen functional groups attached to an aromatic ring is 1. The van der Waals surface area contributed by atoms with Crippen molar-refractivity contribution in [3.63, 3.8) is 0 Å². The molecule has 0 aliphatic heterocycles. The summed E-state index contributed by atoms with van der Waals surface area (Å²) in [6.45, 7) is 3.90. The zero-order chi connectivity index (χ0) is 16.4. The van der Waals surface area contributed by atoms with Gasteiger partial charge in [-0.2, -0.15) is 0 Å². The zero-order valence-corrected chi connectivity index (χ0v) is 13.5. The Labute approximate surface area is 137 Å². The highest BCUT2D eigenvalue weighted by atomic mass is 19.2. The summed E-state index contributed by atoms with van der Waals surface area (Å²) in [4.78, 5) is 0. The van der Waals surface area contributed by atoms with E-state index < -0.39 is 11.6 Å². The minimum absolute atomic E-state index is 0.125. The summed E-state index contributed by atoms with van der Waals surface area (Å²) in [5, 5.41) is 0. The lowest BCUT2D eigenvalue weighted by Crippen LogP contribution is -2.22. The molecule has 124 valence electrons. The topological polar surface area (TPSA) is 26.0 Å². The van der Waals surface area contributed by atoms with E-state index in [1.165, 1.54) is 31.7 Å². The first-order chi connectivity index (χ1) is 11.1. The third-order valence-corrected chi connectivity index (χ3v) is 5.73. The Kier molecular flexibility index (Phi) is 4.84. The van der Waals surface area contributed by atoms with Crippen LogP contribution in [0.3, 0.4) is 0 Å². The smallest absolute Gasteiger partial charge is 0.182 e. The quantitative estimate of drug-likeness (QED) is 0.559. The normalized spacial score (nSPS) is 28.3. The van der Waals surface area contributed by atoms with Gasteiger partial charge in [0.1, 0.15) is 0 Å². The van der Waals surface area contributed by atoms with Gasteiger partial charge in [0, 0.05) is 5.56 Å². The second-order valence-electron chi connectivity index (χ2n) is 7.00. The van der Waals surface area contributed by atoms with E-state index in [0.717, 1.165) is 30.8 Å².